The van der Waals surface area contributed by atoms with Crippen LogP contribution in [-0.2, 0) is 12.0 Å². The molecule has 1 unspecified atom stereocenters. The molecule has 1 aliphatic heterocycles. The Balaban J connectivity index is 2.23. The Hall–Kier alpha value is -0.470. The molecule has 0 radical (unpaired) electrons. The molecule has 1 fully saturated rings. The zero-order chi connectivity index (χ0) is 10.0. The molecule has 0 amide bonds. The van der Waals surface area contributed by atoms with E-state index in [4.69, 9.17) is 0 Å². The van der Waals surface area contributed by atoms with Crippen molar-refractivity contribution in [3.63, 3.8) is 0 Å². The first kappa shape index (κ1) is 10.1. The normalized spacial score (nSPS) is 26.7. The zero-order valence-electron chi connectivity index (χ0n) is 8.49. The predicted octanol–water partition coefficient (Wildman–Crippen LogP) is 2.57. The molecule has 14 heavy (non-hydrogen) atoms. The third kappa shape index (κ3) is 1.82. The lowest BCUT2D eigenvalue weighted by atomic mass is 9.92. The van der Waals surface area contributed by atoms with Gasteiger partial charge in [-0.2, -0.15) is 11.8 Å². The molecule has 0 spiro atoms. The maximum Gasteiger partial charge on any atom is 0.0994 e. The highest BCUT2D eigenvalue weighted by atomic mass is 32.2. The van der Waals surface area contributed by atoms with Crippen molar-refractivity contribution in [1.82, 2.24) is 0 Å². The fraction of sp³-hybridized carbons (Fsp3) is 0.500. The van der Waals surface area contributed by atoms with Gasteiger partial charge in [-0.15, -0.1) is 0 Å². The van der Waals surface area contributed by atoms with E-state index in [1.54, 1.807) is 0 Å². The lowest BCUT2D eigenvalue weighted by molar-refractivity contribution is 0.0657. The van der Waals surface area contributed by atoms with Gasteiger partial charge in [-0.1, -0.05) is 31.2 Å². The van der Waals surface area contributed by atoms with Gasteiger partial charge in [0.1, 0.15) is 0 Å². The second kappa shape index (κ2) is 3.95. The molecule has 1 heterocycles. The molecule has 1 atom stereocenters. The molecular weight excluding hydrogens is 192 g/mol. The van der Waals surface area contributed by atoms with Gasteiger partial charge in [0.05, 0.1) is 5.60 Å². The quantitative estimate of drug-likeness (QED) is 0.806. The van der Waals surface area contributed by atoms with Gasteiger partial charge in [0.25, 0.3) is 0 Å². The van der Waals surface area contributed by atoms with Crippen LogP contribution in [0.5, 0.6) is 0 Å². The van der Waals surface area contributed by atoms with Crippen LogP contribution in [0.1, 0.15) is 24.5 Å². The minimum atomic E-state index is -0.559. The van der Waals surface area contributed by atoms with E-state index in [9.17, 15) is 5.11 Å². The molecular formula is C12H16OS. The highest BCUT2D eigenvalue weighted by Crippen LogP contribution is 2.36. The third-order valence-corrected chi connectivity index (χ3v) is 4.07. The number of aryl methyl sites for hydroxylation is 1. The number of hydrogen-bond acceptors (Lipinski definition) is 2. The van der Waals surface area contributed by atoms with Gasteiger partial charge in [0, 0.05) is 5.75 Å². The van der Waals surface area contributed by atoms with Crippen molar-refractivity contribution in [2.45, 2.75) is 25.4 Å². The van der Waals surface area contributed by atoms with Crippen LogP contribution in [0.2, 0.25) is 0 Å². The number of benzene rings is 1. The summed E-state index contributed by atoms with van der Waals surface area (Å²) in [7, 11) is 0. The Kier molecular flexibility index (Phi) is 2.84. The Labute approximate surface area is 89.5 Å². The molecule has 1 aromatic rings. The monoisotopic (exact) mass is 208 g/mol. The van der Waals surface area contributed by atoms with E-state index in [0.29, 0.717) is 0 Å². The van der Waals surface area contributed by atoms with Crippen LogP contribution < -0.4 is 0 Å². The van der Waals surface area contributed by atoms with Gasteiger partial charge in [0.15, 0.2) is 0 Å². The van der Waals surface area contributed by atoms with Crippen LogP contribution in [0.15, 0.2) is 24.3 Å². The molecule has 1 nitrogen and oxygen atoms in total. The molecule has 1 aromatic carbocycles. The summed E-state index contributed by atoms with van der Waals surface area (Å²) in [6.45, 7) is 2.15. The van der Waals surface area contributed by atoms with Crippen molar-refractivity contribution in [1.29, 1.82) is 0 Å². The van der Waals surface area contributed by atoms with Crippen molar-refractivity contribution in [2.24, 2.45) is 0 Å². The summed E-state index contributed by atoms with van der Waals surface area (Å²) < 4.78 is 0. The summed E-state index contributed by atoms with van der Waals surface area (Å²) in [4.78, 5) is 0. The fourth-order valence-corrected chi connectivity index (χ4v) is 3.11. The van der Waals surface area contributed by atoms with Crippen LogP contribution >= 0.6 is 11.8 Å². The SMILES string of the molecule is CCc1ccc(C2(O)CCSC2)cc1. The maximum atomic E-state index is 10.3. The Bertz CT molecular complexity index is 299. The molecule has 0 saturated carbocycles. The predicted molar refractivity (Wildman–Crippen MR) is 61.7 cm³/mol. The molecule has 1 aliphatic rings. The Morgan fingerprint density at radius 3 is 2.57 bits per heavy atom. The summed E-state index contributed by atoms with van der Waals surface area (Å²) in [5, 5.41) is 10.3. The number of thioether (sulfide) groups is 1. The van der Waals surface area contributed by atoms with Gasteiger partial charge >= 0.3 is 0 Å². The van der Waals surface area contributed by atoms with Gasteiger partial charge in [-0.25, -0.2) is 0 Å². The lowest BCUT2D eigenvalue weighted by Gasteiger charge is -2.21. The summed E-state index contributed by atoms with van der Waals surface area (Å²) >= 11 is 1.84. The average molecular weight is 208 g/mol. The standard InChI is InChI=1S/C12H16OS/c1-2-10-3-5-11(6-4-10)12(13)7-8-14-9-12/h3-6,13H,2,7-9H2,1H3. The van der Waals surface area contributed by atoms with Crippen molar-refractivity contribution in [3.05, 3.63) is 35.4 Å². The van der Waals surface area contributed by atoms with Crippen LogP contribution in [0, 0.1) is 0 Å². The molecule has 0 bridgehead atoms. The first-order chi connectivity index (χ1) is 6.74. The van der Waals surface area contributed by atoms with E-state index >= 15 is 0 Å². The molecule has 1 saturated heterocycles. The summed E-state index contributed by atoms with van der Waals surface area (Å²) in [6, 6.07) is 8.39. The summed E-state index contributed by atoms with van der Waals surface area (Å²) in [5.74, 6) is 1.92. The van der Waals surface area contributed by atoms with Gasteiger partial charge in [0.2, 0.25) is 0 Å². The van der Waals surface area contributed by atoms with Crippen molar-refractivity contribution >= 4 is 11.8 Å². The topological polar surface area (TPSA) is 20.2 Å². The molecule has 0 aliphatic carbocycles. The average Bonchev–Trinajstić information content (AvgIpc) is 2.67. The highest BCUT2D eigenvalue weighted by Gasteiger charge is 2.33. The van der Waals surface area contributed by atoms with Crippen LogP contribution in [0.3, 0.4) is 0 Å². The second-order valence-electron chi connectivity index (χ2n) is 3.88. The maximum absolute atomic E-state index is 10.3. The Morgan fingerprint density at radius 2 is 2.07 bits per heavy atom. The lowest BCUT2D eigenvalue weighted by Crippen LogP contribution is -2.24. The van der Waals surface area contributed by atoms with E-state index < -0.39 is 5.60 Å². The number of hydrogen-bond donors (Lipinski definition) is 1. The Morgan fingerprint density at radius 1 is 1.36 bits per heavy atom. The first-order valence-electron chi connectivity index (χ1n) is 5.14. The largest absolute Gasteiger partial charge is 0.384 e. The minimum Gasteiger partial charge on any atom is -0.384 e. The second-order valence-corrected chi connectivity index (χ2v) is 4.99. The number of rotatable bonds is 2. The first-order valence-corrected chi connectivity index (χ1v) is 6.29. The number of aliphatic hydroxyl groups is 1. The van der Waals surface area contributed by atoms with Gasteiger partial charge < -0.3 is 5.11 Å². The molecule has 2 heteroatoms. The molecule has 0 aromatic heterocycles. The van der Waals surface area contributed by atoms with Crippen molar-refractivity contribution in [2.75, 3.05) is 11.5 Å². The van der Waals surface area contributed by atoms with E-state index in [0.717, 1.165) is 29.9 Å². The summed E-state index contributed by atoms with van der Waals surface area (Å²) in [6.07, 6.45) is 1.95. The molecule has 76 valence electrons. The zero-order valence-corrected chi connectivity index (χ0v) is 9.31. The minimum absolute atomic E-state index is 0.559. The van der Waals surface area contributed by atoms with Crippen LogP contribution in [0.4, 0.5) is 0 Å². The smallest absolute Gasteiger partial charge is 0.0994 e. The third-order valence-electron chi connectivity index (χ3n) is 2.90. The molecule has 2 rings (SSSR count). The van der Waals surface area contributed by atoms with Crippen molar-refractivity contribution < 1.29 is 5.11 Å². The van der Waals surface area contributed by atoms with E-state index in [2.05, 4.69) is 31.2 Å². The van der Waals surface area contributed by atoms with Crippen molar-refractivity contribution in [3.8, 4) is 0 Å². The van der Waals surface area contributed by atoms with E-state index in [1.807, 2.05) is 11.8 Å². The fourth-order valence-electron chi connectivity index (χ4n) is 1.83. The summed E-state index contributed by atoms with van der Waals surface area (Å²) in [5.41, 5.74) is 1.86. The van der Waals surface area contributed by atoms with E-state index in [-0.39, 0.29) is 0 Å². The van der Waals surface area contributed by atoms with Crippen LogP contribution in [-0.4, -0.2) is 16.6 Å². The van der Waals surface area contributed by atoms with Gasteiger partial charge in [-0.3, -0.25) is 0 Å². The van der Waals surface area contributed by atoms with E-state index in [1.165, 1.54) is 5.56 Å². The highest BCUT2D eigenvalue weighted by molar-refractivity contribution is 7.99. The van der Waals surface area contributed by atoms with Crippen LogP contribution in [0.25, 0.3) is 0 Å². The van der Waals surface area contributed by atoms with Gasteiger partial charge in [-0.05, 0) is 29.7 Å². The molecule has 1 N–H and O–H groups in total.